The molecule has 1 spiro atoms. The number of hydrogen-bond acceptors (Lipinski definition) is 5. The van der Waals surface area contributed by atoms with Gasteiger partial charge in [-0.1, -0.05) is 25.0 Å². The Morgan fingerprint density at radius 2 is 2.00 bits per heavy atom. The summed E-state index contributed by atoms with van der Waals surface area (Å²) in [5.74, 6) is 0.721. The summed E-state index contributed by atoms with van der Waals surface area (Å²) < 4.78 is 6.11. The van der Waals surface area contributed by atoms with Crippen LogP contribution in [0.2, 0.25) is 0 Å². The summed E-state index contributed by atoms with van der Waals surface area (Å²) in [6.45, 7) is 4.50. The first kappa shape index (κ1) is 21.5. The lowest BCUT2D eigenvalue weighted by molar-refractivity contribution is -0.133. The highest BCUT2D eigenvalue weighted by Gasteiger charge is 2.52. The summed E-state index contributed by atoms with van der Waals surface area (Å²) in [5, 5.41) is 2.88. The minimum absolute atomic E-state index is 0.00635. The molecule has 1 aromatic carbocycles. The van der Waals surface area contributed by atoms with E-state index in [1.807, 2.05) is 18.2 Å². The molecule has 2 aliphatic heterocycles. The lowest BCUT2D eigenvalue weighted by Crippen LogP contribution is -2.47. The number of carbonyl (C=O) groups is 3. The van der Waals surface area contributed by atoms with Gasteiger partial charge in [0.05, 0.1) is 18.8 Å². The largest absolute Gasteiger partial charge is 0.485 e. The number of likely N-dealkylation sites (N-methyl/N-ethyl adjacent to an activating group) is 2. The molecule has 0 aromatic heterocycles. The van der Waals surface area contributed by atoms with Gasteiger partial charge in [0, 0.05) is 26.6 Å². The van der Waals surface area contributed by atoms with Crippen LogP contribution in [0, 0.1) is 0 Å². The summed E-state index contributed by atoms with van der Waals surface area (Å²) in [7, 11) is 1.78. The molecule has 3 aliphatic rings. The number of carbonyl (C=O) groups excluding carboxylic acids is 3. The van der Waals surface area contributed by atoms with Crippen LogP contribution in [0.1, 0.15) is 45.4 Å². The first-order valence-electron chi connectivity index (χ1n) is 11.3. The molecular weight excluding hydrogens is 396 g/mol. The zero-order chi connectivity index (χ0) is 22.0. The fourth-order valence-corrected chi connectivity index (χ4v) is 4.96. The number of para-hydroxylation sites is 2. The predicted molar refractivity (Wildman–Crippen MR) is 117 cm³/mol. The monoisotopic (exact) mass is 428 g/mol. The topological polar surface area (TPSA) is 82.2 Å². The quantitative estimate of drug-likeness (QED) is 0.675. The molecular formula is C23H32N4O4. The molecule has 1 atom stereocenters. The average Bonchev–Trinajstić information content (AvgIpc) is 3.33. The van der Waals surface area contributed by atoms with Crippen LogP contribution in [-0.2, 0) is 9.59 Å². The van der Waals surface area contributed by atoms with E-state index in [0.29, 0.717) is 19.4 Å². The van der Waals surface area contributed by atoms with Crippen molar-refractivity contribution in [2.45, 2.75) is 57.1 Å². The van der Waals surface area contributed by atoms with Gasteiger partial charge in [-0.15, -0.1) is 0 Å². The van der Waals surface area contributed by atoms with E-state index in [2.05, 4.69) is 23.2 Å². The molecule has 31 heavy (non-hydrogen) atoms. The molecule has 1 saturated heterocycles. The third-order valence-corrected chi connectivity index (χ3v) is 6.68. The van der Waals surface area contributed by atoms with E-state index in [1.165, 1.54) is 4.90 Å². The van der Waals surface area contributed by atoms with Crippen molar-refractivity contribution in [2.75, 3.05) is 38.1 Å². The molecule has 168 valence electrons. The number of nitrogens with one attached hydrogen (secondary N) is 1. The number of benzene rings is 1. The van der Waals surface area contributed by atoms with Gasteiger partial charge in [-0.3, -0.25) is 14.5 Å². The Labute approximate surface area is 183 Å². The second kappa shape index (κ2) is 8.77. The Morgan fingerprint density at radius 1 is 1.26 bits per heavy atom. The van der Waals surface area contributed by atoms with Crippen molar-refractivity contribution in [2.24, 2.45) is 0 Å². The molecule has 4 rings (SSSR count). The van der Waals surface area contributed by atoms with Gasteiger partial charge in [0.2, 0.25) is 5.91 Å². The second-order valence-electron chi connectivity index (χ2n) is 8.80. The van der Waals surface area contributed by atoms with Gasteiger partial charge in [-0.2, -0.15) is 0 Å². The van der Waals surface area contributed by atoms with E-state index in [-0.39, 0.29) is 30.5 Å². The highest BCUT2D eigenvalue weighted by molar-refractivity contribution is 6.07. The second-order valence-corrected chi connectivity index (χ2v) is 8.80. The fraction of sp³-hybridized carbons (Fsp3) is 0.609. The van der Waals surface area contributed by atoms with Gasteiger partial charge in [0.1, 0.15) is 17.4 Å². The van der Waals surface area contributed by atoms with Crippen molar-refractivity contribution in [3.8, 4) is 5.75 Å². The van der Waals surface area contributed by atoms with Crippen LogP contribution in [-0.4, -0.2) is 72.5 Å². The molecule has 2 fully saturated rings. The normalized spacial score (nSPS) is 21.8. The van der Waals surface area contributed by atoms with E-state index in [1.54, 1.807) is 11.9 Å². The number of urea groups is 1. The maximum absolute atomic E-state index is 12.7. The lowest BCUT2D eigenvalue weighted by Gasteiger charge is -2.37. The van der Waals surface area contributed by atoms with Crippen molar-refractivity contribution >= 4 is 23.5 Å². The van der Waals surface area contributed by atoms with Crippen molar-refractivity contribution in [1.82, 2.24) is 15.1 Å². The fourth-order valence-electron chi connectivity index (χ4n) is 4.96. The van der Waals surface area contributed by atoms with E-state index < -0.39 is 5.54 Å². The minimum atomic E-state index is -0.683. The van der Waals surface area contributed by atoms with Crippen molar-refractivity contribution in [3.63, 3.8) is 0 Å². The molecule has 4 amide bonds. The Kier molecular flexibility index (Phi) is 6.07. The molecule has 1 saturated carbocycles. The van der Waals surface area contributed by atoms with Crippen LogP contribution < -0.4 is 15.0 Å². The minimum Gasteiger partial charge on any atom is -0.485 e. The maximum Gasteiger partial charge on any atom is 0.325 e. The zero-order valence-electron chi connectivity index (χ0n) is 18.4. The summed E-state index contributed by atoms with van der Waals surface area (Å²) >= 11 is 0. The SMILES string of the molecule is CCN1C[C@H](CN(C)C(=O)CCCN2C(=O)NC3(CCCC3)C2=O)Oc2ccccc21. The molecule has 2 heterocycles. The summed E-state index contributed by atoms with van der Waals surface area (Å²) in [6, 6.07) is 7.65. The third kappa shape index (κ3) is 4.20. The van der Waals surface area contributed by atoms with Gasteiger partial charge < -0.3 is 19.9 Å². The first-order chi connectivity index (χ1) is 14.9. The third-order valence-electron chi connectivity index (χ3n) is 6.68. The van der Waals surface area contributed by atoms with Gasteiger partial charge in [-0.05, 0) is 38.3 Å². The Hall–Kier alpha value is -2.77. The number of rotatable bonds is 7. The van der Waals surface area contributed by atoms with Crippen LogP contribution in [0.25, 0.3) is 0 Å². The Balaban J connectivity index is 1.26. The molecule has 0 radical (unpaired) electrons. The summed E-state index contributed by atoms with van der Waals surface area (Å²) in [6.07, 6.45) is 4.02. The van der Waals surface area contributed by atoms with Gasteiger partial charge in [-0.25, -0.2) is 4.79 Å². The number of anilines is 1. The first-order valence-corrected chi connectivity index (χ1v) is 11.3. The number of imide groups is 1. The standard InChI is InChI=1S/C23H32N4O4/c1-3-26-16-17(31-19-10-5-4-9-18(19)26)15-25(2)20(28)11-8-14-27-21(29)23(24-22(27)30)12-6-7-13-23/h4-5,9-10,17H,3,6-8,11-16H2,1-2H3,(H,24,30)/t17-/m0/s1. The van der Waals surface area contributed by atoms with Gasteiger partial charge >= 0.3 is 6.03 Å². The van der Waals surface area contributed by atoms with Crippen molar-refractivity contribution in [1.29, 1.82) is 0 Å². The van der Waals surface area contributed by atoms with Crippen LogP contribution in [0.15, 0.2) is 24.3 Å². The maximum atomic E-state index is 12.7. The lowest BCUT2D eigenvalue weighted by atomic mass is 9.98. The number of hydrogen-bond donors (Lipinski definition) is 1. The van der Waals surface area contributed by atoms with E-state index in [4.69, 9.17) is 4.74 Å². The van der Waals surface area contributed by atoms with Crippen LogP contribution in [0.3, 0.4) is 0 Å². The van der Waals surface area contributed by atoms with Crippen LogP contribution >= 0.6 is 0 Å². The highest BCUT2D eigenvalue weighted by atomic mass is 16.5. The Bertz CT molecular complexity index is 852. The predicted octanol–water partition coefficient (Wildman–Crippen LogP) is 2.38. The van der Waals surface area contributed by atoms with Gasteiger partial charge in [0.25, 0.3) is 5.91 Å². The smallest absolute Gasteiger partial charge is 0.325 e. The highest BCUT2D eigenvalue weighted by Crippen LogP contribution is 2.35. The van der Waals surface area contributed by atoms with E-state index in [9.17, 15) is 14.4 Å². The molecule has 0 unspecified atom stereocenters. The Morgan fingerprint density at radius 3 is 2.74 bits per heavy atom. The van der Waals surface area contributed by atoms with E-state index in [0.717, 1.165) is 50.2 Å². The summed E-state index contributed by atoms with van der Waals surface area (Å²) in [5.41, 5.74) is 0.404. The van der Waals surface area contributed by atoms with Crippen molar-refractivity contribution < 1.29 is 19.1 Å². The van der Waals surface area contributed by atoms with Crippen molar-refractivity contribution in [3.05, 3.63) is 24.3 Å². The number of ether oxygens (including phenoxy) is 1. The molecule has 8 nitrogen and oxygen atoms in total. The summed E-state index contributed by atoms with van der Waals surface area (Å²) in [4.78, 5) is 42.9. The van der Waals surface area contributed by atoms with E-state index >= 15 is 0 Å². The number of nitrogens with zero attached hydrogens (tertiary/aromatic N) is 3. The number of amides is 4. The molecule has 1 N–H and O–H groups in total. The van der Waals surface area contributed by atoms with Crippen LogP contribution in [0.5, 0.6) is 5.75 Å². The van der Waals surface area contributed by atoms with Gasteiger partial charge in [0.15, 0.2) is 0 Å². The average molecular weight is 429 g/mol. The molecule has 8 heteroatoms. The molecule has 0 bridgehead atoms. The number of fused-ring (bicyclic) bond motifs is 1. The zero-order valence-corrected chi connectivity index (χ0v) is 18.4. The molecule has 1 aliphatic carbocycles. The van der Waals surface area contributed by atoms with Crippen LogP contribution in [0.4, 0.5) is 10.5 Å². The molecule has 1 aromatic rings.